The number of amides is 4. The summed E-state index contributed by atoms with van der Waals surface area (Å²) in [5, 5.41) is 7.41. The number of rotatable bonds is 4. The predicted octanol–water partition coefficient (Wildman–Crippen LogP) is 0.257. The summed E-state index contributed by atoms with van der Waals surface area (Å²) in [6, 6.07) is 8.84. The monoisotopic (exact) mass is 273 g/mol. The first kappa shape index (κ1) is 12.7. The first-order valence-corrected chi connectivity index (χ1v) is 6.59. The van der Waals surface area contributed by atoms with E-state index in [0.29, 0.717) is 5.92 Å². The molecule has 0 radical (unpaired) electrons. The zero-order valence-electron chi connectivity index (χ0n) is 10.8. The molecule has 104 valence electrons. The van der Waals surface area contributed by atoms with Crippen LogP contribution >= 0.6 is 0 Å². The molecule has 4 amide bonds. The highest BCUT2D eigenvalue weighted by Gasteiger charge is 2.40. The van der Waals surface area contributed by atoms with Gasteiger partial charge in [-0.3, -0.25) is 14.9 Å². The Morgan fingerprint density at radius 1 is 1.25 bits per heavy atom. The molecule has 6 nitrogen and oxygen atoms in total. The van der Waals surface area contributed by atoms with Gasteiger partial charge in [-0.2, -0.15) is 0 Å². The summed E-state index contributed by atoms with van der Waals surface area (Å²) in [6.45, 7) is 0. The topological polar surface area (TPSA) is 87.3 Å². The third-order valence-corrected chi connectivity index (χ3v) is 3.61. The Kier molecular flexibility index (Phi) is 3.14. The predicted molar refractivity (Wildman–Crippen MR) is 70.8 cm³/mol. The minimum absolute atomic E-state index is 0.0183. The number of carbonyl (C=O) groups excluding carboxylic acids is 3. The van der Waals surface area contributed by atoms with Crippen molar-refractivity contribution in [1.82, 2.24) is 16.0 Å². The quantitative estimate of drug-likeness (QED) is 0.687. The molecule has 1 saturated heterocycles. The van der Waals surface area contributed by atoms with Crippen LogP contribution in [0.25, 0.3) is 0 Å². The average Bonchev–Trinajstić information content (AvgIpc) is 3.10. The molecule has 6 heteroatoms. The molecule has 0 spiro atoms. The zero-order valence-corrected chi connectivity index (χ0v) is 10.8. The van der Waals surface area contributed by atoms with Gasteiger partial charge in [0, 0.05) is 12.0 Å². The number of nitrogens with one attached hydrogen (secondary N) is 3. The van der Waals surface area contributed by atoms with E-state index in [1.54, 1.807) is 0 Å². The largest absolute Gasteiger partial charge is 0.353 e. The van der Waals surface area contributed by atoms with Crippen molar-refractivity contribution in [2.45, 2.75) is 30.8 Å². The highest BCUT2D eigenvalue weighted by atomic mass is 16.2. The molecule has 1 heterocycles. The molecule has 3 N–H and O–H groups in total. The van der Waals surface area contributed by atoms with Gasteiger partial charge >= 0.3 is 6.03 Å². The van der Waals surface area contributed by atoms with E-state index in [1.165, 1.54) is 5.56 Å². The van der Waals surface area contributed by atoms with Crippen LogP contribution in [0.3, 0.4) is 0 Å². The lowest BCUT2D eigenvalue weighted by molar-refractivity contribution is -0.126. The number of hydrogen-bond acceptors (Lipinski definition) is 3. The Hall–Kier alpha value is -2.37. The van der Waals surface area contributed by atoms with Crippen LogP contribution in [0.5, 0.6) is 0 Å². The van der Waals surface area contributed by atoms with Crippen LogP contribution in [0.2, 0.25) is 0 Å². The lowest BCUT2D eigenvalue weighted by atomic mass is 10.1. The maximum absolute atomic E-state index is 11.8. The highest BCUT2D eigenvalue weighted by molar-refractivity contribution is 6.05. The molecular weight excluding hydrogens is 258 g/mol. The van der Waals surface area contributed by atoms with E-state index in [2.05, 4.69) is 16.0 Å². The fourth-order valence-corrected chi connectivity index (χ4v) is 2.48. The van der Waals surface area contributed by atoms with Gasteiger partial charge in [0.05, 0.1) is 6.42 Å². The van der Waals surface area contributed by atoms with Gasteiger partial charge in [-0.25, -0.2) is 4.79 Å². The molecule has 3 rings (SSSR count). The number of imide groups is 1. The van der Waals surface area contributed by atoms with Gasteiger partial charge in [0.2, 0.25) is 5.91 Å². The second-order valence-electron chi connectivity index (χ2n) is 5.15. The van der Waals surface area contributed by atoms with E-state index in [1.807, 2.05) is 30.3 Å². The van der Waals surface area contributed by atoms with Crippen LogP contribution in [0.1, 0.15) is 24.3 Å². The standard InChI is InChI=1S/C14H15N3O3/c18-12(7-11-13(19)17-14(20)16-11)15-10-6-9(10)8-4-2-1-3-5-8/h1-5,9-11H,6-7H2,(H,15,18)(H2,16,17,19,20). The third kappa shape index (κ3) is 2.64. The zero-order chi connectivity index (χ0) is 14.1. The van der Waals surface area contributed by atoms with Crippen molar-refractivity contribution in [2.75, 3.05) is 0 Å². The highest BCUT2D eigenvalue weighted by Crippen LogP contribution is 2.40. The summed E-state index contributed by atoms with van der Waals surface area (Å²) in [6.07, 6.45) is 0.897. The summed E-state index contributed by atoms with van der Waals surface area (Å²) in [5.74, 6) is -0.302. The van der Waals surface area contributed by atoms with Gasteiger partial charge in [0.15, 0.2) is 0 Å². The van der Waals surface area contributed by atoms with Gasteiger partial charge in [-0.15, -0.1) is 0 Å². The van der Waals surface area contributed by atoms with Crippen LogP contribution < -0.4 is 16.0 Å². The summed E-state index contributed by atoms with van der Waals surface area (Å²) in [7, 11) is 0. The van der Waals surface area contributed by atoms with Gasteiger partial charge < -0.3 is 10.6 Å². The van der Waals surface area contributed by atoms with Crippen LogP contribution in [-0.4, -0.2) is 29.9 Å². The van der Waals surface area contributed by atoms with Crippen molar-refractivity contribution in [1.29, 1.82) is 0 Å². The van der Waals surface area contributed by atoms with Crippen molar-refractivity contribution in [3.8, 4) is 0 Å². The molecule has 1 aliphatic heterocycles. The van der Waals surface area contributed by atoms with Gasteiger partial charge in [0.1, 0.15) is 6.04 Å². The molecule has 1 aromatic carbocycles. The van der Waals surface area contributed by atoms with E-state index in [9.17, 15) is 14.4 Å². The Morgan fingerprint density at radius 2 is 2.00 bits per heavy atom. The Labute approximate surface area is 115 Å². The third-order valence-electron chi connectivity index (χ3n) is 3.61. The van der Waals surface area contributed by atoms with Gasteiger partial charge in [-0.05, 0) is 12.0 Å². The van der Waals surface area contributed by atoms with Crippen LogP contribution in [0.15, 0.2) is 30.3 Å². The first-order chi connectivity index (χ1) is 9.63. The minimum Gasteiger partial charge on any atom is -0.353 e. The van der Waals surface area contributed by atoms with Crippen molar-refractivity contribution >= 4 is 17.8 Å². The van der Waals surface area contributed by atoms with E-state index < -0.39 is 18.0 Å². The van der Waals surface area contributed by atoms with Crippen molar-refractivity contribution < 1.29 is 14.4 Å². The molecule has 20 heavy (non-hydrogen) atoms. The fraction of sp³-hybridized carbons (Fsp3) is 0.357. The second kappa shape index (κ2) is 4.96. The van der Waals surface area contributed by atoms with Gasteiger partial charge in [0.25, 0.3) is 5.91 Å². The van der Waals surface area contributed by atoms with Crippen LogP contribution in [0.4, 0.5) is 4.79 Å². The lowest BCUT2D eigenvalue weighted by Crippen LogP contribution is -2.37. The summed E-state index contributed by atoms with van der Waals surface area (Å²) in [5.41, 5.74) is 1.21. The summed E-state index contributed by atoms with van der Waals surface area (Å²) < 4.78 is 0. The number of carbonyl (C=O) groups is 3. The van der Waals surface area contributed by atoms with E-state index in [-0.39, 0.29) is 18.4 Å². The number of urea groups is 1. The molecular formula is C14H15N3O3. The Balaban J connectivity index is 1.49. The first-order valence-electron chi connectivity index (χ1n) is 6.59. The molecule has 2 fully saturated rings. The Bertz CT molecular complexity index is 558. The SMILES string of the molecule is O=C(CC1NC(=O)NC1=O)NC1CC1c1ccccc1. The fourth-order valence-electron chi connectivity index (χ4n) is 2.48. The summed E-state index contributed by atoms with van der Waals surface area (Å²) >= 11 is 0. The van der Waals surface area contributed by atoms with Crippen molar-refractivity contribution in [3.63, 3.8) is 0 Å². The van der Waals surface area contributed by atoms with Crippen molar-refractivity contribution in [3.05, 3.63) is 35.9 Å². The average molecular weight is 273 g/mol. The summed E-state index contributed by atoms with van der Waals surface area (Å²) in [4.78, 5) is 34.1. The Morgan fingerprint density at radius 3 is 2.65 bits per heavy atom. The normalized spacial score (nSPS) is 27.7. The molecule has 0 aromatic heterocycles. The lowest BCUT2D eigenvalue weighted by Gasteiger charge is -2.08. The molecule has 1 aliphatic carbocycles. The van der Waals surface area contributed by atoms with Gasteiger partial charge in [-0.1, -0.05) is 30.3 Å². The molecule has 2 aliphatic rings. The number of benzene rings is 1. The molecule has 3 unspecified atom stereocenters. The molecule has 3 atom stereocenters. The number of hydrogen-bond donors (Lipinski definition) is 3. The molecule has 1 saturated carbocycles. The van der Waals surface area contributed by atoms with Crippen molar-refractivity contribution in [2.24, 2.45) is 0 Å². The smallest absolute Gasteiger partial charge is 0.322 e. The minimum atomic E-state index is -0.753. The van der Waals surface area contributed by atoms with E-state index in [0.717, 1.165) is 6.42 Å². The molecule has 1 aromatic rings. The van der Waals surface area contributed by atoms with Crippen LogP contribution in [0, 0.1) is 0 Å². The maximum Gasteiger partial charge on any atom is 0.322 e. The maximum atomic E-state index is 11.8. The second-order valence-corrected chi connectivity index (χ2v) is 5.15. The van der Waals surface area contributed by atoms with Crippen LogP contribution in [-0.2, 0) is 9.59 Å². The van der Waals surface area contributed by atoms with E-state index in [4.69, 9.17) is 0 Å². The van der Waals surface area contributed by atoms with E-state index >= 15 is 0 Å². The molecule has 0 bridgehead atoms.